The third kappa shape index (κ3) is 3.07. The Bertz CT molecular complexity index is 1020. The SMILES string of the molecule is Cc1cccc(NC(=O)Cn2nnc3sc4c(c3c2=O)CCCC4)c1. The quantitative estimate of drug-likeness (QED) is 0.784. The van der Waals surface area contributed by atoms with E-state index in [0.717, 1.165) is 41.5 Å². The van der Waals surface area contributed by atoms with Gasteiger partial charge in [-0.2, -0.15) is 0 Å². The molecular weight excluding hydrogens is 336 g/mol. The number of anilines is 1. The summed E-state index contributed by atoms with van der Waals surface area (Å²) in [6.45, 7) is 1.82. The highest BCUT2D eigenvalue weighted by Crippen LogP contribution is 2.33. The van der Waals surface area contributed by atoms with Crippen LogP contribution in [0.1, 0.15) is 28.8 Å². The van der Waals surface area contributed by atoms with Crippen molar-refractivity contribution < 1.29 is 4.79 Å². The van der Waals surface area contributed by atoms with Crippen molar-refractivity contribution in [2.24, 2.45) is 0 Å². The van der Waals surface area contributed by atoms with Crippen LogP contribution in [0.3, 0.4) is 0 Å². The molecule has 0 saturated carbocycles. The van der Waals surface area contributed by atoms with Gasteiger partial charge in [-0.15, -0.1) is 16.4 Å². The van der Waals surface area contributed by atoms with Gasteiger partial charge >= 0.3 is 0 Å². The molecule has 0 fully saturated rings. The van der Waals surface area contributed by atoms with Crippen LogP contribution in [0.5, 0.6) is 0 Å². The summed E-state index contributed by atoms with van der Waals surface area (Å²) in [5, 5.41) is 11.6. The average Bonchev–Trinajstić information content (AvgIpc) is 2.96. The van der Waals surface area contributed by atoms with Gasteiger partial charge in [-0.3, -0.25) is 9.59 Å². The number of rotatable bonds is 3. The molecule has 1 N–H and O–H groups in total. The van der Waals surface area contributed by atoms with Crippen molar-refractivity contribution >= 4 is 33.1 Å². The molecule has 7 heteroatoms. The number of carbonyl (C=O) groups is 1. The number of amides is 1. The fourth-order valence-corrected chi connectivity index (χ4v) is 4.47. The summed E-state index contributed by atoms with van der Waals surface area (Å²) < 4.78 is 1.16. The molecule has 0 unspecified atom stereocenters. The molecular formula is C18H18N4O2S. The summed E-state index contributed by atoms with van der Waals surface area (Å²) in [7, 11) is 0. The molecule has 0 bridgehead atoms. The van der Waals surface area contributed by atoms with Gasteiger partial charge < -0.3 is 5.32 Å². The molecule has 4 rings (SSSR count). The maximum Gasteiger partial charge on any atom is 0.279 e. The molecule has 0 saturated heterocycles. The monoisotopic (exact) mass is 354 g/mol. The smallest absolute Gasteiger partial charge is 0.279 e. The van der Waals surface area contributed by atoms with E-state index in [1.54, 1.807) is 11.3 Å². The molecule has 0 aliphatic heterocycles. The molecule has 0 radical (unpaired) electrons. The van der Waals surface area contributed by atoms with E-state index in [4.69, 9.17) is 0 Å². The van der Waals surface area contributed by atoms with Crippen LogP contribution >= 0.6 is 11.3 Å². The van der Waals surface area contributed by atoms with Gasteiger partial charge in [0.2, 0.25) is 5.91 Å². The second-order valence-electron chi connectivity index (χ2n) is 6.36. The maximum absolute atomic E-state index is 12.8. The summed E-state index contributed by atoms with van der Waals surface area (Å²) in [5.41, 5.74) is 2.66. The van der Waals surface area contributed by atoms with Crippen LogP contribution in [0.15, 0.2) is 29.1 Å². The molecule has 25 heavy (non-hydrogen) atoms. The van der Waals surface area contributed by atoms with Gasteiger partial charge in [0.1, 0.15) is 6.54 Å². The predicted octanol–water partition coefficient (Wildman–Crippen LogP) is 2.68. The van der Waals surface area contributed by atoms with Crippen molar-refractivity contribution in [3.05, 3.63) is 50.6 Å². The van der Waals surface area contributed by atoms with Gasteiger partial charge in [0.15, 0.2) is 4.83 Å². The first-order valence-corrected chi connectivity index (χ1v) is 9.18. The fraction of sp³-hybridized carbons (Fsp3) is 0.333. The number of benzene rings is 1. The van der Waals surface area contributed by atoms with Crippen molar-refractivity contribution in [1.29, 1.82) is 0 Å². The number of aromatic nitrogens is 3. The first-order valence-electron chi connectivity index (χ1n) is 8.36. The molecule has 2 aromatic heterocycles. The number of nitrogens with zero attached hydrogens (tertiary/aromatic N) is 3. The molecule has 0 atom stereocenters. The lowest BCUT2D eigenvalue weighted by Gasteiger charge is -2.10. The van der Waals surface area contributed by atoms with Crippen molar-refractivity contribution in [3.8, 4) is 0 Å². The Morgan fingerprint density at radius 1 is 1.32 bits per heavy atom. The highest BCUT2D eigenvalue weighted by Gasteiger charge is 2.21. The van der Waals surface area contributed by atoms with E-state index in [9.17, 15) is 9.59 Å². The summed E-state index contributed by atoms with van der Waals surface area (Å²) in [6, 6.07) is 7.53. The van der Waals surface area contributed by atoms with Gasteiger partial charge in [0.05, 0.1) is 5.39 Å². The van der Waals surface area contributed by atoms with E-state index in [1.807, 2.05) is 31.2 Å². The van der Waals surface area contributed by atoms with E-state index in [0.29, 0.717) is 15.9 Å². The molecule has 1 aliphatic rings. The second kappa shape index (κ2) is 6.40. The summed E-state index contributed by atoms with van der Waals surface area (Å²) >= 11 is 1.56. The van der Waals surface area contributed by atoms with Crippen LogP contribution in [-0.4, -0.2) is 20.9 Å². The maximum atomic E-state index is 12.8. The van der Waals surface area contributed by atoms with Crippen molar-refractivity contribution in [3.63, 3.8) is 0 Å². The van der Waals surface area contributed by atoms with Crippen molar-refractivity contribution in [2.75, 3.05) is 5.32 Å². The Labute approximate surface area is 148 Å². The Balaban J connectivity index is 1.62. The lowest BCUT2D eigenvalue weighted by molar-refractivity contribution is -0.117. The Kier molecular flexibility index (Phi) is 4.09. The molecule has 3 aromatic rings. The molecule has 2 heterocycles. The number of hydrogen-bond donors (Lipinski definition) is 1. The first kappa shape index (κ1) is 16.0. The Morgan fingerprint density at radius 3 is 3.00 bits per heavy atom. The largest absolute Gasteiger partial charge is 0.324 e. The second-order valence-corrected chi connectivity index (χ2v) is 7.44. The van der Waals surface area contributed by atoms with E-state index in [1.165, 1.54) is 4.88 Å². The number of fused-ring (bicyclic) bond motifs is 3. The van der Waals surface area contributed by atoms with Gasteiger partial charge in [-0.25, -0.2) is 4.68 Å². The molecule has 6 nitrogen and oxygen atoms in total. The topological polar surface area (TPSA) is 76.9 Å². The van der Waals surface area contributed by atoms with Crippen LogP contribution in [-0.2, 0) is 24.2 Å². The summed E-state index contributed by atoms with van der Waals surface area (Å²) in [4.78, 5) is 27.0. The minimum atomic E-state index is -0.287. The number of nitrogens with one attached hydrogen (secondary N) is 1. The van der Waals surface area contributed by atoms with E-state index in [2.05, 4.69) is 15.6 Å². The molecule has 1 aliphatic carbocycles. The highest BCUT2D eigenvalue weighted by molar-refractivity contribution is 7.18. The number of aryl methyl sites for hydroxylation is 3. The fourth-order valence-electron chi connectivity index (χ4n) is 3.27. The normalized spacial score (nSPS) is 13.6. The first-order chi connectivity index (χ1) is 12.1. The van der Waals surface area contributed by atoms with Crippen molar-refractivity contribution in [1.82, 2.24) is 15.0 Å². The standard InChI is InChI=1S/C18H18N4O2S/c1-11-5-4-6-12(9-11)19-15(23)10-22-18(24)16-13-7-2-3-8-14(13)25-17(16)20-21-22/h4-6,9H,2-3,7-8,10H2,1H3,(H,19,23). The third-order valence-electron chi connectivity index (χ3n) is 4.44. The minimum absolute atomic E-state index is 0.139. The third-order valence-corrected chi connectivity index (χ3v) is 5.62. The zero-order valence-corrected chi connectivity index (χ0v) is 14.7. The van der Waals surface area contributed by atoms with E-state index in [-0.39, 0.29) is 18.0 Å². The van der Waals surface area contributed by atoms with E-state index < -0.39 is 0 Å². The Morgan fingerprint density at radius 2 is 2.16 bits per heavy atom. The van der Waals surface area contributed by atoms with Crippen LogP contribution < -0.4 is 10.9 Å². The molecule has 0 spiro atoms. The molecule has 1 amide bonds. The Hall–Kier alpha value is -2.54. The van der Waals surface area contributed by atoms with Crippen LogP contribution in [0.25, 0.3) is 10.2 Å². The van der Waals surface area contributed by atoms with E-state index >= 15 is 0 Å². The number of thiophene rings is 1. The van der Waals surface area contributed by atoms with Gasteiger partial charge in [-0.05, 0) is 55.9 Å². The van der Waals surface area contributed by atoms with Crippen molar-refractivity contribution in [2.45, 2.75) is 39.2 Å². The van der Waals surface area contributed by atoms with Crippen LogP contribution in [0.2, 0.25) is 0 Å². The highest BCUT2D eigenvalue weighted by atomic mass is 32.1. The van der Waals surface area contributed by atoms with Gasteiger partial charge in [-0.1, -0.05) is 17.3 Å². The zero-order chi connectivity index (χ0) is 17.4. The van der Waals surface area contributed by atoms with Gasteiger partial charge in [0, 0.05) is 10.6 Å². The van der Waals surface area contributed by atoms with Crippen LogP contribution in [0.4, 0.5) is 5.69 Å². The minimum Gasteiger partial charge on any atom is -0.324 e. The average molecular weight is 354 g/mol. The van der Waals surface area contributed by atoms with Crippen LogP contribution in [0, 0.1) is 6.92 Å². The number of carbonyl (C=O) groups excluding carboxylic acids is 1. The molecule has 1 aromatic carbocycles. The zero-order valence-electron chi connectivity index (χ0n) is 13.9. The number of hydrogen-bond acceptors (Lipinski definition) is 5. The summed E-state index contributed by atoms with van der Waals surface area (Å²) in [6.07, 6.45) is 4.16. The lowest BCUT2D eigenvalue weighted by Crippen LogP contribution is -2.30. The predicted molar refractivity (Wildman–Crippen MR) is 98.1 cm³/mol. The lowest BCUT2D eigenvalue weighted by atomic mass is 9.97. The summed E-state index contributed by atoms with van der Waals surface area (Å²) in [5.74, 6) is -0.287. The van der Waals surface area contributed by atoms with Gasteiger partial charge in [0.25, 0.3) is 5.56 Å². The molecule has 128 valence electrons.